The molecule has 0 aliphatic rings. The van der Waals surface area contributed by atoms with E-state index in [2.05, 4.69) is 13.8 Å². The van der Waals surface area contributed by atoms with Crippen molar-refractivity contribution in [3.63, 3.8) is 0 Å². The molecule has 0 aromatic carbocycles. The predicted octanol–water partition coefficient (Wildman–Crippen LogP) is 3.37. The highest BCUT2D eigenvalue weighted by Gasteiger charge is 2.29. The van der Waals surface area contributed by atoms with Gasteiger partial charge in [0.25, 0.3) is 0 Å². The first kappa shape index (κ1) is 15.4. The van der Waals surface area contributed by atoms with Crippen molar-refractivity contribution in [2.24, 2.45) is 11.3 Å². The molecule has 0 aromatic heterocycles. The summed E-state index contributed by atoms with van der Waals surface area (Å²) in [6, 6.07) is 0. The van der Waals surface area contributed by atoms with Gasteiger partial charge in [-0.15, -0.1) is 0 Å². The van der Waals surface area contributed by atoms with Gasteiger partial charge in [0.1, 0.15) is 0 Å². The molecule has 0 rings (SSSR count). The Kier molecular flexibility index (Phi) is 6.65. The van der Waals surface area contributed by atoms with E-state index in [0.717, 1.165) is 12.8 Å². The summed E-state index contributed by atoms with van der Waals surface area (Å²) in [4.78, 5) is 11.9. The maximum Gasteiger partial charge on any atom is 0.313 e. The van der Waals surface area contributed by atoms with Crippen molar-refractivity contribution in [2.75, 3.05) is 6.61 Å². The predicted molar refractivity (Wildman–Crippen MR) is 65.0 cm³/mol. The Morgan fingerprint density at radius 3 is 2.19 bits per heavy atom. The minimum atomic E-state index is -0.424. The molecule has 0 spiro atoms. The molecule has 0 heterocycles. The van der Waals surface area contributed by atoms with Crippen molar-refractivity contribution in [2.45, 2.75) is 60.7 Å². The van der Waals surface area contributed by atoms with Crippen LogP contribution in [0.3, 0.4) is 0 Å². The summed E-state index contributed by atoms with van der Waals surface area (Å²) in [6.07, 6.45) is 1.12. The average Bonchev–Trinajstić information content (AvgIpc) is 2.17. The van der Waals surface area contributed by atoms with Crippen molar-refractivity contribution >= 4 is 5.97 Å². The van der Waals surface area contributed by atoms with E-state index in [1.165, 1.54) is 0 Å². The fourth-order valence-corrected chi connectivity index (χ4v) is 1.14. The Bertz CT molecular complexity index is 209. The van der Waals surface area contributed by atoms with Gasteiger partial charge in [-0.3, -0.25) is 4.79 Å². The lowest BCUT2D eigenvalue weighted by atomic mass is 9.91. The Morgan fingerprint density at radius 1 is 1.25 bits per heavy atom. The van der Waals surface area contributed by atoms with Gasteiger partial charge in [0.05, 0.1) is 5.41 Å². The van der Waals surface area contributed by atoms with Gasteiger partial charge < -0.3 is 9.47 Å². The Hall–Kier alpha value is -0.570. The van der Waals surface area contributed by atoms with Crippen molar-refractivity contribution in [3.8, 4) is 0 Å². The van der Waals surface area contributed by atoms with Crippen LogP contribution in [0, 0.1) is 11.3 Å². The van der Waals surface area contributed by atoms with Crippen molar-refractivity contribution in [1.82, 2.24) is 0 Å². The number of hydrogen-bond donors (Lipinski definition) is 0. The van der Waals surface area contributed by atoms with Gasteiger partial charge in [-0.25, -0.2) is 0 Å². The number of carbonyl (C=O) groups is 1. The van der Waals surface area contributed by atoms with Crippen LogP contribution in [0.5, 0.6) is 0 Å². The Morgan fingerprint density at radius 2 is 1.81 bits per heavy atom. The highest BCUT2D eigenvalue weighted by molar-refractivity contribution is 5.75. The number of rotatable bonds is 7. The zero-order valence-electron chi connectivity index (χ0n) is 11.5. The molecule has 16 heavy (non-hydrogen) atoms. The summed E-state index contributed by atoms with van der Waals surface area (Å²) in [5.74, 6) is 0.281. The van der Waals surface area contributed by atoms with Crippen LogP contribution in [-0.2, 0) is 14.3 Å². The molecular weight excluding hydrogens is 204 g/mol. The minimum absolute atomic E-state index is 0.172. The average molecular weight is 230 g/mol. The van der Waals surface area contributed by atoms with Gasteiger partial charge in [-0.2, -0.15) is 0 Å². The number of carbonyl (C=O) groups excluding carboxylic acids is 1. The zero-order chi connectivity index (χ0) is 12.8. The fraction of sp³-hybridized carbons (Fsp3) is 0.923. The molecule has 0 bridgehead atoms. The van der Waals surface area contributed by atoms with Crippen LogP contribution in [0.4, 0.5) is 0 Å². The molecule has 0 saturated carbocycles. The molecule has 1 unspecified atom stereocenters. The number of esters is 1. The van der Waals surface area contributed by atoms with E-state index in [-0.39, 0.29) is 5.97 Å². The van der Waals surface area contributed by atoms with Crippen LogP contribution in [0.15, 0.2) is 0 Å². The third-order valence-electron chi connectivity index (χ3n) is 2.69. The van der Waals surface area contributed by atoms with Gasteiger partial charge in [-0.05, 0) is 33.1 Å². The molecule has 0 N–H and O–H groups in total. The Labute approximate surface area is 99.5 Å². The molecule has 3 nitrogen and oxygen atoms in total. The van der Waals surface area contributed by atoms with Gasteiger partial charge in [0.15, 0.2) is 0 Å². The summed E-state index contributed by atoms with van der Waals surface area (Å²) in [6.45, 7) is 12.4. The summed E-state index contributed by atoms with van der Waals surface area (Å²) in [7, 11) is 0. The van der Waals surface area contributed by atoms with Crippen LogP contribution in [0.2, 0.25) is 0 Å². The zero-order valence-corrected chi connectivity index (χ0v) is 11.5. The van der Waals surface area contributed by atoms with Crippen LogP contribution in [-0.4, -0.2) is 18.9 Å². The third kappa shape index (κ3) is 5.50. The largest absolute Gasteiger partial charge is 0.435 e. The first-order chi connectivity index (χ1) is 7.33. The third-order valence-corrected chi connectivity index (χ3v) is 2.69. The number of ether oxygens (including phenoxy) is 2. The van der Waals surface area contributed by atoms with Crippen molar-refractivity contribution < 1.29 is 14.3 Å². The van der Waals surface area contributed by atoms with Gasteiger partial charge in [0.2, 0.25) is 6.29 Å². The molecule has 0 aliphatic carbocycles. The molecule has 96 valence electrons. The van der Waals surface area contributed by atoms with E-state index in [1.807, 2.05) is 27.7 Å². The van der Waals surface area contributed by atoms with E-state index < -0.39 is 11.7 Å². The second kappa shape index (κ2) is 6.89. The first-order valence-electron chi connectivity index (χ1n) is 6.16. The second-order valence-electron chi connectivity index (χ2n) is 5.16. The minimum Gasteiger partial charge on any atom is -0.435 e. The fourth-order valence-electron chi connectivity index (χ4n) is 1.14. The van der Waals surface area contributed by atoms with Gasteiger partial charge in [-0.1, -0.05) is 20.8 Å². The van der Waals surface area contributed by atoms with E-state index in [9.17, 15) is 4.79 Å². The highest BCUT2D eigenvalue weighted by Crippen LogP contribution is 2.23. The maximum absolute atomic E-state index is 11.9. The van der Waals surface area contributed by atoms with Gasteiger partial charge >= 0.3 is 5.97 Å². The molecule has 0 amide bonds. The quantitative estimate of drug-likeness (QED) is 0.497. The van der Waals surface area contributed by atoms with Crippen LogP contribution < -0.4 is 0 Å². The van der Waals surface area contributed by atoms with Crippen LogP contribution >= 0.6 is 0 Å². The molecule has 0 saturated heterocycles. The molecule has 1 atom stereocenters. The molecule has 0 fully saturated rings. The lowest BCUT2D eigenvalue weighted by Crippen LogP contribution is -2.32. The van der Waals surface area contributed by atoms with Crippen molar-refractivity contribution in [1.29, 1.82) is 0 Å². The van der Waals surface area contributed by atoms with E-state index in [1.54, 1.807) is 0 Å². The normalized spacial score (nSPS) is 13.9. The lowest BCUT2D eigenvalue weighted by molar-refractivity contribution is -0.190. The van der Waals surface area contributed by atoms with Gasteiger partial charge in [0, 0.05) is 13.0 Å². The highest BCUT2D eigenvalue weighted by atomic mass is 16.7. The summed E-state index contributed by atoms with van der Waals surface area (Å²) in [5.41, 5.74) is -0.424. The smallest absolute Gasteiger partial charge is 0.313 e. The van der Waals surface area contributed by atoms with E-state index in [0.29, 0.717) is 12.5 Å². The molecule has 0 radical (unpaired) electrons. The maximum atomic E-state index is 11.9. The standard InChI is InChI=1S/C13H26O3/c1-7-13(5,6)12(14)16-11(15-8-2)9-10(3)4/h10-11H,7-9H2,1-6H3. The summed E-state index contributed by atoms with van der Waals surface area (Å²) < 4.78 is 10.8. The molecule has 0 aromatic rings. The molecular formula is C13H26O3. The summed E-state index contributed by atoms with van der Waals surface area (Å²) >= 11 is 0. The summed E-state index contributed by atoms with van der Waals surface area (Å²) in [5, 5.41) is 0. The molecule has 3 heteroatoms. The van der Waals surface area contributed by atoms with Crippen molar-refractivity contribution in [3.05, 3.63) is 0 Å². The van der Waals surface area contributed by atoms with E-state index >= 15 is 0 Å². The Balaban J connectivity index is 4.33. The first-order valence-corrected chi connectivity index (χ1v) is 6.16. The topological polar surface area (TPSA) is 35.5 Å². The van der Waals surface area contributed by atoms with Crippen LogP contribution in [0.25, 0.3) is 0 Å². The lowest BCUT2D eigenvalue weighted by Gasteiger charge is -2.25. The molecule has 0 aliphatic heterocycles. The number of hydrogen-bond acceptors (Lipinski definition) is 3. The monoisotopic (exact) mass is 230 g/mol. The van der Waals surface area contributed by atoms with Crippen LogP contribution in [0.1, 0.15) is 54.4 Å². The van der Waals surface area contributed by atoms with E-state index in [4.69, 9.17) is 9.47 Å². The SMILES string of the molecule is CCOC(CC(C)C)OC(=O)C(C)(C)CC. The second-order valence-corrected chi connectivity index (χ2v) is 5.16.